The first-order chi connectivity index (χ1) is 11.1. The van der Waals surface area contributed by atoms with Gasteiger partial charge in [-0.2, -0.15) is 0 Å². The zero-order chi connectivity index (χ0) is 16.0. The standard InChI is InChI=1S/C19H15BrO2S/c20-15-8-10-16(11-9-15)23(21,22)18-7-3-5-14-12-13-4-1-2-6-17(13)19(14)18/h2-3,5-11H,1,4,12H2. The van der Waals surface area contributed by atoms with Crippen LogP contribution in [0.5, 0.6) is 0 Å². The van der Waals surface area contributed by atoms with E-state index in [9.17, 15) is 8.42 Å². The van der Waals surface area contributed by atoms with E-state index in [0.29, 0.717) is 9.79 Å². The molecule has 0 saturated carbocycles. The summed E-state index contributed by atoms with van der Waals surface area (Å²) < 4.78 is 27.1. The number of fused-ring (bicyclic) bond motifs is 2. The number of hydrogen-bond donors (Lipinski definition) is 0. The summed E-state index contributed by atoms with van der Waals surface area (Å²) in [5, 5.41) is 0. The van der Waals surface area contributed by atoms with Crippen LogP contribution in [0.1, 0.15) is 24.0 Å². The molecule has 2 aromatic rings. The van der Waals surface area contributed by atoms with Gasteiger partial charge in [0.1, 0.15) is 0 Å². The van der Waals surface area contributed by atoms with Crippen LogP contribution >= 0.6 is 15.9 Å². The highest BCUT2D eigenvalue weighted by Crippen LogP contribution is 2.42. The molecule has 0 fully saturated rings. The van der Waals surface area contributed by atoms with Gasteiger partial charge in [-0.3, -0.25) is 0 Å². The van der Waals surface area contributed by atoms with Gasteiger partial charge in [0.2, 0.25) is 9.84 Å². The summed E-state index contributed by atoms with van der Waals surface area (Å²) >= 11 is 3.35. The fourth-order valence-corrected chi connectivity index (χ4v) is 5.16. The van der Waals surface area contributed by atoms with Crippen molar-refractivity contribution in [3.63, 3.8) is 0 Å². The number of allylic oxidation sites excluding steroid dienone is 4. The summed E-state index contributed by atoms with van der Waals surface area (Å²) in [7, 11) is -3.52. The first kappa shape index (κ1) is 14.9. The Kier molecular flexibility index (Phi) is 3.54. The molecule has 2 aromatic carbocycles. The maximum atomic E-state index is 13.1. The average molecular weight is 387 g/mol. The summed E-state index contributed by atoms with van der Waals surface area (Å²) in [5.74, 6) is 0. The Labute approximate surface area is 144 Å². The van der Waals surface area contributed by atoms with Crippen LogP contribution < -0.4 is 0 Å². The largest absolute Gasteiger partial charge is 0.218 e. The van der Waals surface area contributed by atoms with Crippen molar-refractivity contribution in [3.8, 4) is 0 Å². The molecule has 0 heterocycles. The summed E-state index contributed by atoms with van der Waals surface area (Å²) in [5.41, 5.74) is 4.50. The molecule has 23 heavy (non-hydrogen) atoms. The molecule has 0 unspecified atom stereocenters. The van der Waals surface area contributed by atoms with Crippen LogP contribution in [-0.2, 0) is 16.3 Å². The molecule has 2 aliphatic carbocycles. The molecular formula is C19H15BrO2S. The maximum absolute atomic E-state index is 13.1. The Morgan fingerprint density at radius 1 is 1.00 bits per heavy atom. The minimum absolute atomic E-state index is 0.336. The van der Waals surface area contributed by atoms with Crippen molar-refractivity contribution in [2.75, 3.05) is 0 Å². The second-order valence-electron chi connectivity index (χ2n) is 5.88. The third kappa shape index (κ3) is 2.41. The van der Waals surface area contributed by atoms with Crippen LogP contribution in [0.2, 0.25) is 0 Å². The maximum Gasteiger partial charge on any atom is 0.207 e. The van der Waals surface area contributed by atoms with Crippen molar-refractivity contribution in [3.05, 3.63) is 75.8 Å². The Balaban J connectivity index is 1.92. The third-order valence-electron chi connectivity index (χ3n) is 4.48. The van der Waals surface area contributed by atoms with Crippen molar-refractivity contribution in [2.45, 2.75) is 29.1 Å². The molecule has 0 aromatic heterocycles. The lowest BCUT2D eigenvalue weighted by Gasteiger charge is -2.13. The predicted molar refractivity (Wildman–Crippen MR) is 95.0 cm³/mol. The highest BCUT2D eigenvalue weighted by atomic mass is 79.9. The van der Waals surface area contributed by atoms with Gasteiger partial charge in [0, 0.05) is 10.0 Å². The lowest BCUT2D eigenvalue weighted by Crippen LogP contribution is -2.06. The lowest BCUT2D eigenvalue weighted by atomic mass is 9.98. The summed E-state index contributed by atoms with van der Waals surface area (Å²) in [6, 6.07) is 12.5. The van der Waals surface area contributed by atoms with Crippen molar-refractivity contribution in [2.24, 2.45) is 0 Å². The Hall–Kier alpha value is -1.65. The van der Waals surface area contributed by atoms with Gasteiger partial charge in [-0.25, -0.2) is 8.42 Å². The van der Waals surface area contributed by atoms with E-state index in [-0.39, 0.29) is 0 Å². The van der Waals surface area contributed by atoms with E-state index < -0.39 is 9.84 Å². The molecule has 0 aliphatic heterocycles. The van der Waals surface area contributed by atoms with Crippen molar-refractivity contribution in [1.82, 2.24) is 0 Å². The minimum Gasteiger partial charge on any atom is -0.218 e. The lowest BCUT2D eigenvalue weighted by molar-refractivity contribution is 0.596. The van der Waals surface area contributed by atoms with Crippen LogP contribution in [-0.4, -0.2) is 8.42 Å². The van der Waals surface area contributed by atoms with Gasteiger partial charge in [0.15, 0.2) is 0 Å². The quantitative estimate of drug-likeness (QED) is 0.732. The van der Waals surface area contributed by atoms with Crippen LogP contribution in [0.4, 0.5) is 0 Å². The second-order valence-corrected chi connectivity index (χ2v) is 8.72. The molecule has 0 spiro atoms. The molecule has 4 heteroatoms. The average Bonchev–Trinajstić information content (AvgIpc) is 2.93. The molecule has 0 N–H and O–H groups in total. The molecule has 0 amide bonds. The van der Waals surface area contributed by atoms with Gasteiger partial charge >= 0.3 is 0 Å². The van der Waals surface area contributed by atoms with Crippen LogP contribution in [0, 0.1) is 0 Å². The SMILES string of the molecule is O=S(=O)(c1ccc(Br)cc1)c1cccc2c1C1=C(CCC=C1)C2. The zero-order valence-corrected chi connectivity index (χ0v) is 14.8. The van der Waals surface area contributed by atoms with Gasteiger partial charge < -0.3 is 0 Å². The van der Waals surface area contributed by atoms with E-state index in [2.05, 4.69) is 28.1 Å². The topological polar surface area (TPSA) is 34.1 Å². The first-order valence-corrected chi connectivity index (χ1v) is 9.86. The zero-order valence-electron chi connectivity index (χ0n) is 12.4. The van der Waals surface area contributed by atoms with Crippen molar-refractivity contribution < 1.29 is 8.42 Å². The Bertz CT molecular complexity index is 951. The number of halogens is 1. The highest BCUT2D eigenvalue weighted by Gasteiger charge is 2.29. The van der Waals surface area contributed by atoms with Gasteiger partial charge in [0.05, 0.1) is 9.79 Å². The van der Waals surface area contributed by atoms with Crippen LogP contribution in [0.25, 0.3) is 5.57 Å². The molecule has 0 atom stereocenters. The van der Waals surface area contributed by atoms with E-state index in [0.717, 1.165) is 40.4 Å². The monoisotopic (exact) mass is 386 g/mol. The fourth-order valence-electron chi connectivity index (χ4n) is 3.38. The molecule has 0 radical (unpaired) electrons. The summed E-state index contributed by atoms with van der Waals surface area (Å²) in [6.45, 7) is 0. The van der Waals surface area contributed by atoms with Crippen molar-refractivity contribution in [1.29, 1.82) is 0 Å². The molecular weight excluding hydrogens is 372 g/mol. The number of rotatable bonds is 2. The van der Waals surface area contributed by atoms with E-state index in [1.807, 2.05) is 12.1 Å². The molecule has 0 bridgehead atoms. The number of hydrogen-bond acceptors (Lipinski definition) is 2. The number of benzene rings is 2. The van der Waals surface area contributed by atoms with E-state index >= 15 is 0 Å². The van der Waals surface area contributed by atoms with Gasteiger partial charge in [-0.15, -0.1) is 0 Å². The van der Waals surface area contributed by atoms with Crippen molar-refractivity contribution >= 4 is 31.3 Å². The van der Waals surface area contributed by atoms with E-state index in [1.54, 1.807) is 30.3 Å². The number of sulfone groups is 1. The summed E-state index contributed by atoms with van der Waals surface area (Å²) in [6.07, 6.45) is 7.17. The van der Waals surface area contributed by atoms with Gasteiger partial charge in [0.25, 0.3) is 0 Å². The molecule has 2 aliphatic rings. The Morgan fingerprint density at radius 2 is 1.78 bits per heavy atom. The second kappa shape index (κ2) is 5.46. The molecule has 0 saturated heterocycles. The van der Waals surface area contributed by atoms with Crippen LogP contribution in [0.15, 0.2) is 74.5 Å². The minimum atomic E-state index is -3.52. The normalized spacial score (nSPS) is 16.4. The van der Waals surface area contributed by atoms with E-state index in [1.165, 1.54) is 5.57 Å². The first-order valence-electron chi connectivity index (χ1n) is 7.59. The van der Waals surface area contributed by atoms with Gasteiger partial charge in [-0.1, -0.05) is 45.8 Å². The smallest absolute Gasteiger partial charge is 0.207 e. The molecule has 116 valence electrons. The van der Waals surface area contributed by atoms with E-state index in [4.69, 9.17) is 0 Å². The predicted octanol–water partition coefficient (Wildman–Crippen LogP) is 4.94. The Morgan fingerprint density at radius 3 is 2.57 bits per heavy atom. The molecule has 2 nitrogen and oxygen atoms in total. The van der Waals surface area contributed by atoms with Crippen LogP contribution in [0.3, 0.4) is 0 Å². The highest BCUT2D eigenvalue weighted by molar-refractivity contribution is 9.10. The fraction of sp³-hybridized carbons (Fsp3) is 0.158. The van der Waals surface area contributed by atoms with Gasteiger partial charge in [-0.05, 0) is 60.7 Å². The summed E-state index contributed by atoms with van der Waals surface area (Å²) in [4.78, 5) is 0.761. The molecule has 4 rings (SSSR count). The third-order valence-corrected chi connectivity index (χ3v) is 6.82.